The maximum atomic E-state index is 5.07. The summed E-state index contributed by atoms with van der Waals surface area (Å²) in [5.41, 5.74) is 16.0. The van der Waals surface area contributed by atoms with E-state index in [0.717, 1.165) is 50.8 Å². The molecule has 0 spiro atoms. The average Bonchev–Trinajstić information content (AvgIpc) is 3.62. The molecule has 0 aliphatic rings. The van der Waals surface area contributed by atoms with Crippen LogP contribution in [0.2, 0.25) is 0 Å². The molecule has 3 heterocycles. The Morgan fingerprint density at radius 3 is 1.65 bits per heavy atom. The van der Waals surface area contributed by atoms with Gasteiger partial charge in [0.05, 0.1) is 33.4 Å². The minimum absolute atomic E-state index is 0.776. The van der Waals surface area contributed by atoms with Crippen LogP contribution < -0.4 is 0 Å². The molecule has 9 rings (SSSR count). The lowest BCUT2D eigenvalue weighted by Gasteiger charge is -2.18. The third-order valence-electron chi connectivity index (χ3n) is 10.1. The molecule has 49 heavy (non-hydrogen) atoms. The maximum Gasteiger partial charge on any atom is 0.126 e. The van der Waals surface area contributed by atoms with Crippen molar-refractivity contribution in [1.29, 1.82) is 0 Å². The number of benzene rings is 6. The molecule has 0 radical (unpaired) electrons. The number of fused-ring (bicyclic) bond motifs is 6. The van der Waals surface area contributed by atoms with E-state index in [9.17, 15) is 0 Å². The van der Waals surface area contributed by atoms with Gasteiger partial charge in [0, 0.05) is 38.5 Å². The van der Waals surface area contributed by atoms with Crippen molar-refractivity contribution in [2.45, 2.75) is 34.6 Å². The molecule has 0 unspecified atom stereocenters. The van der Waals surface area contributed by atoms with Gasteiger partial charge in [-0.1, -0.05) is 77.9 Å². The standard InChI is InChI=1S/C45H36N4/c1-27-14-21-42-37(24-27)35-10-6-8-12-40(35)48(42)34-19-16-32(17-20-34)33-18-23-44(39(26-33)45-29(3)30(4)46-31(5)47-45)49-41-13-9-7-11-36(41)38-25-28(2)15-22-43(38)49/h6-26H,1-5H3. The van der Waals surface area contributed by atoms with Gasteiger partial charge in [-0.25, -0.2) is 9.97 Å². The summed E-state index contributed by atoms with van der Waals surface area (Å²) in [4.78, 5) is 9.77. The van der Waals surface area contributed by atoms with Gasteiger partial charge in [-0.2, -0.15) is 0 Å². The van der Waals surface area contributed by atoms with E-state index >= 15 is 0 Å². The highest BCUT2D eigenvalue weighted by Gasteiger charge is 2.20. The third kappa shape index (κ3) is 4.59. The van der Waals surface area contributed by atoms with Gasteiger partial charge in [0.2, 0.25) is 0 Å². The summed E-state index contributed by atoms with van der Waals surface area (Å²) in [6, 6.07) is 46.7. The highest BCUT2D eigenvalue weighted by Crippen LogP contribution is 2.40. The molecule has 0 saturated heterocycles. The van der Waals surface area contributed by atoms with Crippen LogP contribution in [0.4, 0.5) is 0 Å². The quantitative estimate of drug-likeness (QED) is 0.193. The SMILES string of the molecule is Cc1ccc2c(c1)c1ccccc1n2-c1ccc(-c2ccc(-n3c4ccccc4c4cc(C)ccc43)c(-c3nc(C)nc(C)c3C)c2)cc1. The van der Waals surface area contributed by atoms with Crippen LogP contribution in [0.15, 0.2) is 127 Å². The largest absolute Gasteiger partial charge is 0.309 e. The van der Waals surface area contributed by atoms with E-state index in [2.05, 4.69) is 164 Å². The minimum atomic E-state index is 0.776. The van der Waals surface area contributed by atoms with Crippen LogP contribution in [-0.2, 0) is 0 Å². The Bertz CT molecular complexity index is 2760. The second kappa shape index (κ2) is 11.0. The molecule has 0 aliphatic heterocycles. The Morgan fingerprint density at radius 2 is 1.00 bits per heavy atom. The Kier molecular flexibility index (Phi) is 6.57. The van der Waals surface area contributed by atoms with Gasteiger partial charge in [-0.05, 0) is 112 Å². The lowest BCUT2D eigenvalue weighted by atomic mass is 9.97. The Hall–Kier alpha value is -6.00. The summed E-state index contributed by atoms with van der Waals surface area (Å²) in [6.45, 7) is 10.5. The molecule has 4 nitrogen and oxygen atoms in total. The summed E-state index contributed by atoms with van der Waals surface area (Å²) < 4.78 is 4.78. The van der Waals surface area contributed by atoms with E-state index in [1.807, 2.05) is 6.92 Å². The van der Waals surface area contributed by atoms with Crippen molar-refractivity contribution in [2.75, 3.05) is 0 Å². The Morgan fingerprint density at radius 1 is 0.449 bits per heavy atom. The molecule has 0 bridgehead atoms. The van der Waals surface area contributed by atoms with E-state index in [1.54, 1.807) is 0 Å². The molecule has 6 aromatic carbocycles. The van der Waals surface area contributed by atoms with Gasteiger partial charge in [0.15, 0.2) is 0 Å². The van der Waals surface area contributed by atoms with E-state index in [4.69, 9.17) is 9.97 Å². The first-order valence-corrected chi connectivity index (χ1v) is 16.9. The van der Waals surface area contributed by atoms with Crippen LogP contribution >= 0.6 is 0 Å². The highest BCUT2D eigenvalue weighted by atomic mass is 15.0. The monoisotopic (exact) mass is 632 g/mol. The smallest absolute Gasteiger partial charge is 0.126 e. The van der Waals surface area contributed by atoms with Crippen LogP contribution in [0.25, 0.3) is 77.4 Å². The molecule has 9 aromatic rings. The molecule has 4 heteroatoms. The molecular formula is C45H36N4. The first-order chi connectivity index (χ1) is 23.9. The lowest BCUT2D eigenvalue weighted by Crippen LogP contribution is -2.03. The summed E-state index contributed by atoms with van der Waals surface area (Å²) in [5.74, 6) is 0.776. The average molecular weight is 633 g/mol. The van der Waals surface area contributed by atoms with Crippen LogP contribution in [-0.4, -0.2) is 19.1 Å². The lowest BCUT2D eigenvalue weighted by molar-refractivity contribution is 0.989. The summed E-state index contributed by atoms with van der Waals surface area (Å²) in [6.07, 6.45) is 0. The molecule has 0 aliphatic carbocycles. The van der Waals surface area contributed by atoms with Crippen molar-refractivity contribution in [3.8, 4) is 33.8 Å². The topological polar surface area (TPSA) is 35.6 Å². The van der Waals surface area contributed by atoms with Crippen molar-refractivity contribution >= 4 is 43.6 Å². The zero-order valence-corrected chi connectivity index (χ0v) is 28.4. The number of hydrogen-bond acceptors (Lipinski definition) is 2. The van der Waals surface area contributed by atoms with Crippen LogP contribution in [0, 0.1) is 34.6 Å². The van der Waals surface area contributed by atoms with Gasteiger partial charge < -0.3 is 9.13 Å². The van der Waals surface area contributed by atoms with Crippen molar-refractivity contribution in [3.63, 3.8) is 0 Å². The first-order valence-electron chi connectivity index (χ1n) is 16.9. The molecule has 236 valence electrons. The van der Waals surface area contributed by atoms with Crippen molar-refractivity contribution in [2.24, 2.45) is 0 Å². The first kappa shape index (κ1) is 29.2. The van der Waals surface area contributed by atoms with Gasteiger partial charge in [-0.15, -0.1) is 0 Å². The summed E-state index contributed by atoms with van der Waals surface area (Å²) >= 11 is 0. The highest BCUT2D eigenvalue weighted by molar-refractivity contribution is 6.11. The van der Waals surface area contributed by atoms with Gasteiger partial charge in [0.25, 0.3) is 0 Å². The fourth-order valence-electron chi connectivity index (χ4n) is 7.65. The molecule has 0 amide bonds. The van der Waals surface area contributed by atoms with Gasteiger partial charge in [0.1, 0.15) is 5.82 Å². The zero-order valence-electron chi connectivity index (χ0n) is 28.4. The number of aryl methyl sites for hydroxylation is 4. The van der Waals surface area contributed by atoms with E-state index < -0.39 is 0 Å². The second-order valence-corrected chi connectivity index (χ2v) is 13.4. The second-order valence-electron chi connectivity index (χ2n) is 13.4. The van der Waals surface area contributed by atoms with E-state index in [-0.39, 0.29) is 0 Å². The summed E-state index contributed by atoms with van der Waals surface area (Å²) in [7, 11) is 0. The van der Waals surface area contributed by atoms with Gasteiger partial charge in [-0.3, -0.25) is 0 Å². The van der Waals surface area contributed by atoms with Crippen LogP contribution in [0.1, 0.15) is 28.2 Å². The van der Waals surface area contributed by atoms with Crippen molar-refractivity contribution in [1.82, 2.24) is 19.1 Å². The fourth-order valence-corrected chi connectivity index (χ4v) is 7.65. The summed E-state index contributed by atoms with van der Waals surface area (Å²) in [5, 5.41) is 5.06. The van der Waals surface area contributed by atoms with E-state index in [0.29, 0.717) is 0 Å². The Labute approximate surface area is 285 Å². The minimum Gasteiger partial charge on any atom is -0.309 e. The molecule has 3 aromatic heterocycles. The number of nitrogens with zero attached hydrogens (tertiary/aromatic N) is 4. The molecule has 0 N–H and O–H groups in total. The predicted octanol–water partition coefficient (Wildman–Crippen LogP) is 11.5. The third-order valence-corrected chi connectivity index (χ3v) is 10.1. The molecular weight excluding hydrogens is 597 g/mol. The van der Waals surface area contributed by atoms with Crippen molar-refractivity contribution in [3.05, 3.63) is 156 Å². The van der Waals surface area contributed by atoms with Crippen molar-refractivity contribution < 1.29 is 0 Å². The van der Waals surface area contributed by atoms with Gasteiger partial charge >= 0.3 is 0 Å². The van der Waals surface area contributed by atoms with Crippen LogP contribution in [0.3, 0.4) is 0 Å². The fraction of sp³-hybridized carbons (Fsp3) is 0.111. The van der Waals surface area contributed by atoms with E-state index in [1.165, 1.54) is 54.7 Å². The zero-order chi connectivity index (χ0) is 33.4. The number of aromatic nitrogens is 4. The number of para-hydroxylation sites is 2. The molecule has 0 atom stereocenters. The molecule has 0 fully saturated rings. The predicted molar refractivity (Wildman–Crippen MR) is 205 cm³/mol. The Balaban J connectivity index is 1.25. The molecule has 0 saturated carbocycles. The maximum absolute atomic E-state index is 5.07. The normalized spacial score (nSPS) is 11.8. The number of rotatable bonds is 4. The van der Waals surface area contributed by atoms with Crippen LogP contribution in [0.5, 0.6) is 0 Å². The number of hydrogen-bond donors (Lipinski definition) is 0.